The number of nitrogens with one attached hydrogen (secondary N) is 2. The first-order chi connectivity index (χ1) is 10.3. The van der Waals surface area contributed by atoms with Crippen LogP contribution < -0.4 is 10.6 Å². The van der Waals surface area contributed by atoms with Crippen molar-refractivity contribution in [3.63, 3.8) is 0 Å². The molecule has 0 spiro atoms. The summed E-state index contributed by atoms with van der Waals surface area (Å²) in [4.78, 5) is 12.1. The van der Waals surface area contributed by atoms with Crippen LogP contribution in [0.4, 0.5) is 11.5 Å². The van der Waals surface area contributed by atoms with Crippen molar-refractivity contribution in [3.05, 3.63) is 47.5 Å². The number of hydrogen-bond donors (Lipinski definition) is 2. The van der Waals surface area contributed by atoms with Gasteiger partial charge in [0.25, 0.3) is 5.91 Å². The quantitative estimate of drug-likeness (QED) is 0.775. The van der Waals surface area contributed by atoms with E-state index >= 15 is 0 Å². The molecule has 2 heterocycles. The van der Waals surface area contributed by atoms with E-state index in [9.17, 15) is 4.79 Å². The van der Waals surface area contributed by atoms with Crippen molar-refractivity contribution in [1.82, 2.24) is 10.2 Å². The van der Waals surface area contributed by atoms with Crippen LogP contribution in [0.1, 0.15) is 17.4 Å². The van der Waals surface area contributed by atoms with Gasteiger partial charge >= 0.3 is 0 Å². The van der Waals surface area contributed by atoms with Crippen LogP contribution in [0.2, 0.25) is 0 Å². The number of rotatable bonds is 4. The fourth-order valence-corrected chi connectivity index (χ4v) is 2.74. The standard InChI is InChI=1S/C15H14N4OS/c1-2-16-14-6-4-12(18-19-14)15(20)17-11-3-5-13-10(9-11)7-8-21-13/h3-9H,2H2,1H3,(H,16,19)(H,17,20). The van der Waals surface area contributed by atoms with Crippen LogP contribution in [0.25, 0.3) is 10.1 Å². The molecule has 0 unspecified atom stereocenters. The summed E-state index contributed by atoms with van der Waals surface area (Å²) >= 11 is 1.68. The van der Waals surface area contributed by atoms with Gasteiger partial charge in [0.15, 0.2) is 5.69 Å². The summed E-state index contributed by atoms with van der Waals surface area (Å²) in [6.45, 7) is 2.74. The Morgan fingerprint density at radius 2 is 2.10 bits per heavy atom. The zero-order valence-corrected chi connectivity index (χ0v) is 12.3. The van der Waals surface area contributed by atoms with Crippen molar-refractivity contribution in [1.29, 1.82) is 0 Å². The number of aromatic nitrogens is 2. The lowest BCUT2D eigenvalue weighted by Crippen LogP contribution is -2.14. The number of carbonyl (C=O) groups is 1. The van der Waals surface area contributed by atoms with E-state index in [0.717, 1.165) is 17.6 Å². The summed E-state index contributed by atoms with van der Waals surface area (Å²) in [5.74, 6) is 0.397. The monoisotopic (exact) mass is 298 g/mol. The molecule has 3 aromatic rings. The van der Waals surface area contributed by atoms with E-state index < -0.39 is 0 Å². The Balaban J connectivity index is 1.75. The van der Waals surface area contributed by atoms with Crippen LogP contribution in [0.15, 0.2) is 41.8 Å². The van der Waals surface area contributed by atoms with Crippen molar-refractivity contribution >= 4 is 38.8 Å². The summed E-state index contributed by atoms with van der Waals surface area (Å²) in [5.41, 5.74) is 1.05. The maximum atomic E-state index is 12.1. The maximum absolute atomic E-state index is 12.1. The molecule has 0 aliphatic rings. The zero-order chi connectivity index (χ0) is 14.7. The van der Waals surface area contributed by atoms with Crippen LogP contribution in [-0.2, 0) is 0 Å². The van der Waals surface area contributed by atoms with Crippen molar-refractivity contribution in [3.8, 4) is 0 Å². The minimum Gasteiger partial charge on any atom is -0.369 e. The van der Waals surface area contributed by atoms with Gasteiger partial charge in [-0.05, 0) is 54.1 Å². The molecule has 21 heavy (non-hydrogen) atoms. The highest BCUT2D eigenvalue weighted by molar-refractivity contribution is 7.17. The van der Waals surface area contributed by atoms with Gasteiger partial charge in [-0.3, -0.25) is 4.79 Å². The van der Waals surface area contributed by atoms with Crippen molar-refractivity contribution in [2.75, 3.05) is 17.2 Å². The predicted octanol–water partition coefficient (Wildman–Crippen LogP) is 3.38. The highest BCUT2D eigenvalue weighted by atomic mass is 32.1. The van der Waals surface area contributed by atoms with Gasteiger partial charge in [0, 0.05) is 16.9 Å². The molecule has 2 aromatic heterocycles. The molecule has 0 aliphatic heterocycles. The topological polar surface area (TPSA) is 66.9 Å². The first-order valence-corrected chi connectivity index (χ1v) is 7.50. The van der Waals surface area contributed by atoms with Gasteiger partial charge in [-0.2, -0.15) is 0 Å². The molecule has 0 saturated carbocycles. The fraction of sp³-hybridized carbons (Fsp3) is 0.133. The molecular formula is C15H14N4OS. The van der Waals surface area contributed by atoms with Gasteiger partial charge in [0.2, 0.25) is 0 Å². The second-order valence-electron chi connectivity index (χ2n) is 4.46. The average molecular weight is 298 g/mol. The molecule has 106 valence electrons. The minimum absolute atomic E-state index is 0.264. The summed E-state index contributed by atoms with van der Waals surface area (Å²) in [6, 6.07) is 11.3. The molecule has 0 saturated heterocycles. The van der Waals surface area contributed by atoms with E-state index in [-0.39, 0.29) is 5.91 Å². The van der Waals surface area contributed by atoms with Gasteiger partial charge in [-0.15, -0.1) is 21.5 Å². The van der Waals surface area contributed by atoms with Crippen molar-refractivity contribution < 1.29 is 4.79 Å². The summed E-state index contributed by atoms with van der Waals surface area (Å²) in [7, 11) is 0. The molecule has 0 aliphatic carbocycles. The first kappa shape index (κ1) is 13.5. The first-order valence-electron chi connectivity index (χ1n) is 6.62. The molecule has 0 radical (unpaired) electrons. The number of nitrogens with zero attached hydrogens (tertiary/aromatic N) is 2. The molecule has 1 aromatic carbocycles. The molecular weight excluding hydrogens is 284 g/mol. The number of hydrogen-bond acceptors (Lipinski definition) is 5. The van der Waals surface area contributed by atoms with E-state index in [0.29, 0.717) is 11.5 Å². The second kappa shape index (κ2) is 5.88. The highest BCUT2D eigenvalue weighted by Gasteiger charge is 2.09. The molecule has 3 rings (SSSR count). The number of thiophene rings is 1. The number of anilines is 2. The molecule has 0 bridgehead atoms. The zero-order valence-electron chi connectivity index (χ0n) is 11.5. The van der Waals surface area contributed by atoms with Crippen molar-refractivity contribution in [2.45, 2.75) is 6.92 Å². The smallest absolute Gasteiger partial charge is 0.276 e. The van der Waals surface area contributed by atoms with Crippen LogP contribution in [0, 0.1) is 0 Å². The Morgan fingerprint density at radius 1 is 1.19 bits per heavy atom. The Hall–Kier alpha value is -2.47. The lowest BCUT2D eigenvalue weighted by Gasteiger charge is -2.05. The second-order valence-corrected chi connectivity index (χ2v) is 5.41. The van der Waals surface area contributed by atoms with E-state index in [1.165, 1.54) is 4.70 Å². The third-order valence-electron chi connectivity index (χ3n) is 2.97. The van der Waals surface area contributed by atoms with Crippen LogP contribution >= 0.6 is 11.3 Å². The molecule has 5 nitrogen and oxygen atoms in total. The fourth-order valence-electron chi connectivity index (χ4n) is 1.97. The molecule has 2 N–H and O–H groups in total. The summed E-state index contributed by atoms with van der Waals surface area (Å²) in [6.07, 6.45) is 0. The SMILES string of the molecule is CCNc1ccc(C(=O)Nc2ccc3sccc3c2)nn1. The Morgan fingerprint density at radius 3 is 2.86 bits per heavy atom. The van der Waals surface area contributed by atoms with Gasteiger partial charge in [0.1, 0.15) is 5.82 Å². The van der Waals surface area contributed by atoms with Crippen LogP contribution in [-0.4, -0.2) is 22.6 Å². The Kier molecular flexibility index (Phi) is 3.79. The van der Waals surface area contributed by atoms with E-state index in [2.05, 4.69) is 20.8 Å². The molecule has 6 heteroatoms. The van der Waals surface area contributed by atoms with Crippen LogP contribution in [0.3, 0.4) is 0 Å². The number of carbonyl (C=O) groups excluding carboxylic acids is 1. The minimum atomic E-state index is -0.264. The van der Waals surface area contributed by atoms with Crippen molar-refractivity contribution in [2.24, 2.45) is 0 Å². The van der Waals surface area contributed by atoms with E-state index in [4.69, 9.17) is 0 Å². The Bertz CT molecular complexity index is 767. The van der Waals surface area contributed by atoms with Gasteiger partial charge in [-0.1, -0.05) is 0 Å². The maximum Gasteiger partial charge on any atom is 0.276 e. The summed E-state index contributed by atoms with van der Waals surface area (Å²) < 4.78 is 1.20. The lowest BCUT2D eigenvalue weighted by atomic mass is 10.2. The van der Waals surface area contributed by atoms with Gasteiger partial charge in [-0.25, -0.2) is 0 Å². The van der Waals surface area contributed by atoms with E-state index in [1.807, 2.05) is 36.6 Å². The number of amides is 1. The van der Waals surface area contributed by atoms with Gasteiger partial charge < -0.3 is 10.6 Å². The number of fused-ring (bicyclic) bond motifs is 1. The Labute approximate surface area is 126 Å². The predicted molar refractivity (Wildman–Crippen MR) is 86.0 cm³/mol. The molecule has 1 amide bonds. The van der Waals surface area contributed by atoms with E-state index in [1.54, 1.807) is 23.5 Å². The third kappa shape index (κ3) is 3.00. The van der Waals surface area contributed by atoms with Gasteiger partial charge in [0.05, 0.1) is 0 Å². The third-order valence-corrected chi connectivity index (χ3v) is 3.86. The highest BCUT2D eigenvalue weighted by Crippen LogP contribution is 2.24. The normalized spacial score (nSPS) is 10.5. The number of benzene rings is 1. The summed E-state index contributed by atoms with van der Waals surface area (Å²) in [5, 5.41) is 16.9. The van der Waals surface area contributed by atoms with Crippen LogP contribution in [0.5, 0.6) is 0 Å². The molecule has 0 atom stereocenters. The average Bonchev–Trinajstić information content (AvgIpc) is 2.96. The molecule has 0 fully saturated rings. The lowest BCUT2D eigenvalue weighted by molar-refractivity contribution is 0.102. The largest absolute Gasteiger partial charge is 0.369 e.